The molecular formula is C16H22N4. The monoisotopic (exact) mass is 270 g/mol. The molecule has 1 aliphatic carbocycles. The summed E-state index contributed by atoms with van der Waals surface area (Å²) >= 11 is 0. The van der Waals surface area contributed by atoms with Gasteiger partial charge < -0.3 is 10.3 Å². The Kier molecular flexibility index (Phi) is 4.11. The van der Waals surface area contributed by atoms with Crippen molar-refractivity contribution in [2.24, 2.45) is 5.73 Å². The number of nitrogens with two attached hydrogens (primary N) is 1. The van der Waals surface area contributed by atoms with Crippen molar-refractivity contribution >= 4 is 0 Å². The highest BCUT2D eigenvalue weighted by Crippen LogP contribution is 2.32. The van der Waals surface area contributed by atoms with Crippen molar-refractivity contribution in [3.63, 3.8) is 0 Å². The van der Waals surface area contributed by atoms with Gasteiger partial charge in [0.1, 0.15) is 6.33 Å². The minimum absolute atomic E-state index is 0.555. The highest BCUT2D eigenvalue weighted by molar-refractivity contribution is 5.60. The Morgan fingerprint density at radius 1 is 1.15 bits per heavy atom. The summed E-state index contributed by atoms with van der Waals surface area (Å²) < 4.78 is 2.27. The molecule has 4 nitrogen and oxygen atoms in total. The highest BCUT2D eigenvalue weighted by atomic mass is 15.3. The fourth-order valence-corrected chi connectivity index (χ4v) is 3.17. The molecule has 1 aliphatic rings. The Balaban J connectivity index is 1.96. The average molecular weight is 270 g/mol. The van der Waals surface area contributed by atoms with Crippen LogP contribution in [0.5, 0.6) is 0 Å². The molecule has 106 valence electrons. The van der Waals surface area contributed by atoms with Crippen molar-refractivity contribution < 1.29 is 0 Å². The predicted octanol–water partition coefficient (Wildman–Crippen LogP) is 2.95. The van der Waals surface area contributed by atoms with E-state index in [1.54, 1.807) is 0 Å². The second kappa shape index (κ2) is 6.18. The van der Waals surface area contributed by atoms with Crippen LogP contribution < -0.4 is 5.73 Å². The summed E-state index contributed by atoms with van der Waals surface area (Å²) in [5, 5.41) is 8.53. The van der Waals surface area contributed by atoms with Crippen LogP contribution in [0.2, 0.25) is 0 Å². The normalized spacial score (nSPS) is 16.4. The zero-order valence-corrected chi connectivity index (χ0v) is 11.8. The molecule has 1 fully saturated rings. The minimum Gasteiger partial charge on any atom is -0.330 e. The molecule has 1 aromatic carbocycles. The van der Waals surface area contributed by atoms with Crippen molar-refractivity contribution in [1.29, 1.82) is 0 Å². The van der Waals surface area contributed by atoms with Crippen molar-refractivity contribution in [3.8, 4) is 11.4 Å². The number of nitrogens with zero attached hydrogens (tertiary/aromatic N) is 3. The van der Waals surface area contributed by atoms with Crippen LogP contribution in [-0.4, -0.2) is 21.3 Å². The van der Waals surface area contributed by atoms with E-state index in [9.17, 15) is 0 Å². The van der Waals surface area contributed by atoms with E-state index in [0.717, 1.165) is 12.2 Å². The standard InChI is InChI=1S/C16H22N4/c17-11-10-13-6-4-5-9-15(13)16-19-18-12-20(16)14-7-2-1-3-8-14/h4-6,9,12,14H,1-3,7-8,10-11,17H2. The second-order valence-electron chi connectivity index (χ2n) is 5.55. The lowest BCUT2D eigenvalue weighted by Crippen LogP contribution is -2.14. The van der Waals surface area contributed by atoms with Crippen LogP contribution in [0.4, 0.5) is 0 Å². The van der Waals surface area contributed by atoms with Crippen LogP contribution in [0.15, 0.2) is 30.6 Å². The van der Waals surface area contributed by atoms with E-state index in [1.807, 2.05) is 6.33 Å². The molecule has 0 radical (unpaired) electrons. The smallest absolute Gasteiger partial charge is 0.164 e. The average Bonchev–Trinajstić information content (AvgIpc) is 2.98. The van der Waals surface area contributed by atoms with Crippen LogP contribution in [0.3, 0.4) is 0 Å². The molecule has 1 saturated carbocycles. The summed E-state index contributed by atoms with van der Waals surface area (Å²) in [7, 11) is 0. The molecule has 1 heterocycles. The SMILES string of the molecule is NCCc1ccccc1-c1nncn1C1CCCCC1. The Morgan fingerprint density at radius 3 is 2.75 bits per heavy atom. The van der Waals surface area contributed by atoms with Crippen molar-refractivity contribution in [1.82, 2.24) is 14.8 Å². The van der Waals surface area contributed by atoms with Gasteiger partial charge in [-0.2, -0.15) is 0 Å². The fourth-order valence-electron chi connectivity index (χ4n) is 3.17. The number of hydrogen-bond acceptors (Lipinski definition) is 3. The molecular weight excluding hydrogens is 248 g/mol. The molecule has 3 rings (SSSR count). The zero-order valence-electron chi connectivity index (χ0n) is 11.8. The van der Waals surface area contributed by atoms with E-state index >= 15 is 0 Å². The molecule has 2 N–H and O–H groups in total. The maximum Gasteiger partial charge on any atom is 0.164 e. The van der Waals surface area contributed by atoms with Crippen LogP contribution >= 0.6 is 0 Å². The van der Waals surface area contributed by atoms with Crippen LogP contribution in [-0.2, 0) is 6.42 Å². The van der Waals surface area contributed by atoms with Gasteiger partial charge in [-0.3, -0.25) is 0 Å². The molecule has 1 aromatic heterocycles. The molecule has 20 heavy (non-hydrogen) atoms. The van der Waals surface area contributed by atoms with Crippen LogP contribution in [0.1, 0.15) is 43.7 Å². The first kappa shape index (κ1) is 13.3. The molecule has 0 unspecified atom stereocenters. The number of hydrogen-bond donors (Lipinski definition) is 1. The van der Waals surface area contributed by atoms with E-state index in [0.29, 0.717) is 12.6 Å². The predicted molar refractivity (Wildman–Crippen MR) is 80.3 cm³/mol. The summed E-state index contributed by atoms with van der Waals surface area (Å²) in [4.78, 5) is 0. The third-order valence-corrected chi connectivity index (χ3v) is 4.21. The first-order valence-corrected chi connectivity index (χ1v) is 7.58. The Morgan fingerprint density at radius 2 is 1.95 bits per heavy atom. The molecule has 0 spiro atoms. The van der Waals surface area contributed by atoms with Gasteiger partial charge in [-0.15, -0.1) is 10.2 Å². The summed E-state index contributed by atoms with van der Waals surface area (Å²) in [6.07, 6.45) is 9.24. The van der Waals surface area contributed by atoms with E-state index in [4.69, 9.17) is 5.73 Å². The van der Waals surface area contributed by atoms with Crippen molar-refractivity contribution in [3.05, 3.63) is 36.2 Å². The van der Waals surface area contributed by atoms with Gasteiger partial charge in [-0.05, 0) is 31.4 Å². The summed E-state index contributed by atoms with van der Waals surface area (Å²) in [6.45, 7) is 0.661. The lowest BCUT2D eigenvalue weighted by atomic mass is 9.95. The fraction of sp³-hybridized carbons (Fsp3) is 0.500. The largest absolute Gasteiger partial charge is 0.330 e. The van der Waals surface area contributed by atoms with Crippen molar-refractivity contribution in [2.45, 2.75) is 44.6 Å². The van der Waals surface area contributed by atoms with Gasteiger partial charge in [-0.25, -0.2) is 0 Å². The third-order valence-electron chi connectivity index (χ3n) is 4.21. The first-order valence-electron chi connectivity index (χ1n) is 7.58. The van der Waals surface area contributed by atoms with Gasteiger partial charge >= 0.3 is 0 Å². The zero-order chi connectivity index (χ0) is 13.8. The second-order valence-corrected chi connectivity index (χ2v) is 5.55. The maximum atomic E-state index is 5.72. The Labute approximate surface area is 120 Å². The van der Waals surface area contributed by atoms with Crippen molar-refractivity contribution in [2.75, 3.05) is 6.54 Å². The molecule has 0 saturated heterocycles. The highest BCUT2D eigenvalue weighted by Gasteiger charge is 2.20. The number of rotatable bonds is 4. The molecule has 0 aliphatic heterocycles. The van der Waals surface area contributed by atoms with Gasteiger partial charge in [0.05, 0.1) is 0 Å². The maximum absolute atomic E-state index is 5.72. The van der Waals surface area contributed by atoms with E-state index in [2.05, 4.69) is 39.0 Å². The quantitative estimate of drug-likeness (QED) is 0.929. The van der Waals surface area contributed by atoms with Gasteiger partial charge in [0.2, 0.25) is 0 Å². The van der Waals surface area contributed by atoms with E-state index in [-0.39, 0.29) is 0 Å². The van der Waals surface area contributed by atoms with Gasteiger partial charge in [0.25, 0.3) is 0 Å². The van der Waals surface area contributed by atoms with Crippen LogP contribution in [0, 0.1) is 0 Å². The summed E-state index contributed by atoms with van der Waals surface area (Å²) in [6, 6.07) is 8.96. The molecule has 4 heteroatoms. The van der Waals surface area contributed by atoms with E-state index < -0.39 is 0 Å². The lowest BCUT2D eigenvalue weighted by Gasteiger charge is -2.24. The number of aromatic nitrogens is 3. The molecule has 0 atom stereocenters. The Bertz CT molecular complexity index is 555. The van der Waals surface area contributed by atoms with Crippen LogP contribution in [0.25, 0.3) is 11.4 Å². The first-order chi connectivity index (χ1) is 9.90. The summed E-state index contributed by atoms with van der Waals surface area (Å²) in [5.74, 6) is 1.00. The topological polar surface area (TPSA) is 56.7 Å². The third kappa shape index (κ3) is 2.61. The molecule has 0 amide bonds. The Hall–Kier alpha value is -1.68. The minimum atomic E-state index is 0.555. The summed E-state index contributed by atoms with van der Waals surface area (Å²) in [5.41, 5.74) is 8.17. The number of benzene rings is 1. The van der Waals surface area contributed by atoms with Gasteiger partial charge in [0, 0.05) is 11.6 Å². The molecule has 0 bridgehead atoms. The van der Waals surface area contributed by atoms with E-state index in [1.165, 1.54) is 43.2 Å². The van der Waals surface area contributed by atoms with Gasteiger partial charge in [-0.1, -0.05) is 43.5 Å². The van der Waals surface area contributed by atoms with Gasteiger partial charge in [0.15, 0.2) is 5.82 Å². The molecule has 2 aromatic rings. The lowest BCUT2D eigenvalue weighted by molar-refractivity contribution is 0.355.